The molecule has 0 bridgehead atoms. The second-order valence-electron chi connectivity index (χ2n) is 3.79. The number of rotatable bonds is 7. The van der Waals surface area contributed by atoms with Gasteiger partial charge in [0.05, 0.1) is 13.2 Å². The maximum absolute atomic E-state index is 11.5. The van der Waals surface area contributed by atoms with Gasteiger partial charge in [0.2, 0.25) is 5.91 Å². The summed E-state index contributed by atoms with van der Waals surface area (Å²) in [5.41, 5.74) is 2.00. The van der Waals surface area contributed by atoms with E-state index < -0.39 is 0 Å². The highest BCUT2D eigenvalue weighted by molar-refractivity contribution is 5.92. The predicted octanol–water partition coefficient (Wildman–Crippen LogP) is 1.56. The number of hydrogen-bond acceptors (Lipinski definition) is 3. The fourth-order valence-corrected chi connectivity index (χ4v) is 1.33. The summed E-state index contributed by atoms with van der Waals surface area (Å²) in [4.78, 5) is 11.5. The minimum absolute atomic E-state index is 0.0367. The van der Waals surface area contributed by atoms with Crippen molar-refractivity contribution in [2.45, 2.75) is 13.8 Å². The first kappa shape index (κ1) is 13.7. The van der Waals surface area contributed by atoms with Crippen LogP contribution in [0.4, 0.5) is 5.69 Å². The lowest BCUT2D eigenvalue weighted by Crippen LogP contribution is -2.30. The Hall–Kier alpha value is -1.39. The van der Waals surface area contributed by atoms with Gasteiger partial charge >= 0.3 is 0 Å². The van der Waals surface area contributed by atoms with E-state index in [0.717, 1.165) is 5.69 Å². The molecule has 2 N–H and O–H groups in total. The number of benzene rings is 1. The van der Waals surface area contributed by atoms with Crippen molar-refractivity contribution in [2.24, 2.45) is 0 Å². The van der Waals surface area contributed by atoms with Gasteiger partial charge in [-0.2, -0.15) is 0 Å². The minimum Gasteiger partial charge on any atom is -0.380 e. The fraction of sp³-hybridized carbons (Fsp3) is 0.462. The number of nitrogens with one attached hydrogen (secondary N) is 2. The quantitative estimate of drug-likeness (QED) is 0.706. The smallest absolute Gasteiger partial charge is 0.238 e. The van der Waals surface area contributed by atoms with E-state index in [0.29, 0.717) is 26.3 Å². The number of carbonyl (C=O) groups excluding carboxylic acids is 1. The molecule has 1 rings (SSSR count). The van der Waals surface area contributed by atoms with Gasteiger partial charge in [-0.05, 0) is 26.0 Å². The van der Waals surface area contributed by atoms with Gasteiger partial charge < -0.3 is 15.4 Å². The molecular formula is C13H20N2O2. The molecule has 0 aliphatic rings. The van der Waals surface area contributed by atoms with Crippen LogP contribution >= 0.6 is 0 Å². The Morgan fingerprint density at radius 3 is 2.65 bits per heavy atom. The lowest BCUT2D eigenvalue weighted by atomic mass is 10.2. The molecule has 94 valence electrons. The second kappa shape index (κ2) is 7.81. The van der Waals surface area contributed by atoms with Gasteiger partial charge in [0.25, 0.3) is 0 Å². The first-order chi connectivity index (χ1) is 8.22. The van der Waals surface area contributed by atoms with Crippen LogP contribution in [0.3, 0.4) is 0 Å². The summed E-state index contributed by atoms with van der Waals surface area (Å²) in [6.45, 7) is 6.30. The number of aryl methyl sites for hydroxylation is 1. The van der Waals surface area contributed by atoms with Crippen molar-refractivity contribution in [3.8, 4) is 0 Å². The molecule has 0 fully saturated rings. The van der Waals surface area contributed by atoms with Crippen molar-refractivity contribution in [1.29, 1.82) is 0 Å². The molecule has 0 aromatic heterocycles. The van der Waals surface area contributed by atoms with Crippen LogP contribution in [0.5, 0.6) is 0 Å². The van der Waals surface area contributed by atoms with Crippen molar-refractivity contribution in [3.05, 3.63) is 29.8 Å². The zero-order valence-electron chi connectivity index (χ0n) is 10.5. The standard InChI is InChI=1S/C13H20N2O2/c1-3-17-9-8-14-10-13(16)15-12-6-4-11(2)5-7-12/h4-7,14H,3,8-10H2,1-2H3,(H,15,16). The lowest BCUT2D eigenvalue weighted by Gasteiger charge is -2.07. The van der Waals surface area contributed by atoms with Gasteiger partial charge in [-0.1, -0.05) is 17.7 Å². The molecule has 1 aromatic rings. The van der Waals surface area contributed by atoms with E-state index in [4.69, 9.17) is 4.74 Å². The van der Waals surface area contributed by atoms with E-state index in [1.165, 1.54) is 5.56 Å². The molecule has 0 heterocycles. The molecule has 0 unspecified atom stereocenters. The molecule has 0 aliphatic heterocycles. The topological polar surface area (TPSA) is 50.4 Å². The van der Waals surface area contributed by atoms with E-state index in [1.807, 2.05) is 38.1 Å². The molecule has 0 saturated carbocycles. The number of ether oxygens (including phenoxy) is 1. The van der Waals surface area contributed by atoms with Gasteiger partial charge in [0.15, 0.2) is 0 Å². The zero-order valence-corrected chi connectivity index (χ0v) is 10.5. The van der Waals surface area contributed by atoms with Crippen LogP contribution in [0, 0.1) is 6.92 Å². The van der Waals surface area contributed by atoms with Crippen molar-refractivity contribution in [2.75, 3.05) is 31.6 Å². The van der Waals surface area contributed by atoms with Gasteiger partial charge in [-0.25, -0.2) is 0 Å². The van der Waals surface area contributed by atoms with Crippen LogP contribution in [-0.4, -0.2) is 32.2 Å². The summed E-state index contributed by atoms with van der Waals surface area (Å²) in [7, 11) is 0. The molecular weight excluding hydrogens is 216 g/mol. The summed E-state index contributed by atoms with van der Waals surface area (Å²) in [6.07, 6.45) is 0. The van der Waals surface area contributed by atoms with Crippen molar-refractivity contribution in [3.63, 3.8) is 0 Å². The highest BCUT2D eigenvalue weighted by atomic mass is 16.5. The molecule has 1 aromatic carbocycles. The molecule has 4 heteroatoms. The molecule has 4 nitrogen and oxygen atoms in total. The van der Waals surface area contributed by atoms with Gasteiger partial charge in [0, 0.05) is 18.8 Å². The van der Waals surface area contributed by atoms with E-state index in [-0.39, 0.29) is 5.91 Å². The molecule has 0 radical (unpaired) electrons. The Morgan fingerprint density at radius 1 is 1.29 bits per heavy atom. The molecule has 0 atom stereocenters. The van der Waals surface area contributed by atoms with Crippen molar-refractivity contribution < 1.29 is 9.53 Å². The Balaban J connectivity index is 2.18. The summed E-state index contributed by atoms with van der Waals surface area (Å²) >= 11 is 0. The second-order valence-corrected chi connectivity index (χ2v) is 3.79. The van der Waals surface area contributed by atoms with Gasteiger partial charge in [0.1, 0.15) is 0 Å². The summed E-state index contributed by atoms with van der Waals surface area (Å²) in [5.74, 6) is -0.0367. The maximum atomic E-state index is 11.5. The van der Waals surface area contributed by atoms with Crippen LogP contribution in [-0.2, 0) is 9.53 Å². The molecule has 17 heavy (non-hydrogen) atoms. The Labute approximate surface area is 102 Å². The van der Waals surface area contributed by atoms with Crippen LogP contribution in [0.25, 0.3) is 0 Å². The van der Waals surface area contributed by atoms with Gasteiger partial charge in [-0.15, -0.1) is 0 Å². The average Bonchev–Trinajstić information content (AvgIpc) is 2.32. The highest BCUT2D eigenvalue weighted by Gasteiger charge is 2.00. The summed E-state index contributed by atoms with van der Waals surface area (Å²) in [6, 6.07) is 7.73. The first-order valence-electron chi connectivity index (χ1n) is 5.87. The van der Waals surface area contributed by atoms with E-state index in [2.05, 4.69) is 10.6 Å². The third-order valence-electron chi connectivity index (χ3n) is 2.25. The predicted molar refractivity (Wildman–Crippen MR) is 69.2 cm³/mol. The number of anilines is 1. The number of hydrogen-bond donors (Lipinski definition) is 2. The lowest BCUT2D eigenvalue weighted by molar-refractivity contribution is -0.115. The van der Waals surface area contributed by atoms with Gasteiger partial charge in [-0.3, -0.25) is 4.79 Å². The van der Waals surface area contributed by atoms with Crippen LogP contribution in [0.2, 0.25) is 0 Å². The third-order valence-corrected chi connectivity index (χ3v) is 2.25. The van der Waals surface area contributed by atoms with E-state index in [1.54, 1.807) is 0 Å². The summed E-state index contributed by atoms with van der Waals surface area (Å²) in [5, 5.41) is 5.83. The molecule has 0 spiro atoms. The normalized spacial score (nSPS) is 10.2. The fourth-order valence-electron chi connectivity index (χ4n) is 1.33. The van der Waals surface area contributed by atoms with E-state index in [9.17, 15) is 4.79 Å². The number of amides is 1. The Bertz CT molecular complexity index is 336. The zero-order chi connectivity index (χ0) is 12.5. The third kappa shape index (κ3) is 6.04. The van der Waals surface area contributed by atoms with Crippen molar-refractivity contribution in [1.82, 2.24) is 5.32 Å². The monoisotopic (exact) mass is 236 g/mol. The molecule has 0 saturated heterocycles. The summed E-state index contributed by atoms with van der Waals surface area (Å²) < 4.78 is 5.15. The maximum Gasteiger partial charge on any atom is 0.238 e. The van der Waals surface area contributed by atoms with E-state index >= 15 is 0 Å². The SMILES string of the molecule is CCOCCNCC(=O)Nc1ccc(C)cc1. The molecule has 0 aliphatic carbocycles. The van der Waals surface area contributed by atoms with Crippen LogP contribution in [0.15, 0.2) is 24.3 Å². The minimum atomic E-state index is -0.0367. The molecule has 1 amide bonds. The Morgan fingerprint density at radius 2 is 2.00 bits per heavy atom. The van der Waals surface area contributed by atoms with Crippen LogP contribution in [0.1, 0.15) is 12.5 Å². The highest BCUT2D eigenvalue weighted by Crippen LogP contribution is 2.07. The first-order valence-corrected chi connectivity index (χ1v) is 5.87. The Kier molecular flexibility index (Phi) is 6.29. The number of carbonyl (C=O) groups is 1. The van der Waals surface area contributed by atoms with Crippen LogP contribution < -0.4 is 10.6 Å². The van der Waals surface area contributed by atoms with Crippen molar-refractivity contribution >= 4 is 11.6 Å². The average molecular weight is 236 g/mol. The largest absolute Gasteiger partial charge is 0.380 e.